The van der Waals surface area contributed by atoms with E-state index in [2.05, 4.69) is 69.3 Å². The highest BCUT2D eigenvalue weighted by atomic mass is 28.4. The lowest BCUT2D eigenvalue weighted by atomic mass is 10.0. The lowest BCUT2D eigenvalue weighted by molar-refractivity contribution is -0.141. The number of carbonyl (C=O) groups is 1. The third-order valence-corrected chi connectivity index (χ3v) is 11.4. The van der Waals surface area contributed by atoms with E-state index in [0.717, 1.165) is 0 Å². The molecule has 2 aromatic rings. The molecule has 0 aromatic heterocycles. The Kier molecular flexibility index (Phi) is 4.94. The minimum atomic E-state index is -2.64. The van der Waals surface area contributed by atoms with Crippen molar-refractivity contribution in [2.45, 2.75) is 56.9 Å². The molecule has 1 heterocycles. The van der Waals surface area contributed by atoms with Crippen LogP contribution in [0, 0.1) is 5.92 Å². The van der Waals surface area contributed by atoms with E-state index < -0.39 is 8.32 Å². The fourth-order valence-corrected chi connectivity index (χ4v) is 9.66. The Morgan fingerprint density at radius 3 is 2.00 bits per heavy atom. The smallest absolute Gasteiger partial charge is 0.306 e. The van der Waals surface area contributed by atoms with Crippen LogP contribution in [-0.4, -0.2) is 32.5 Å². The topological polar surface area (TPSA) is 61.5 Å². The third kappa shape index (κ3) is 3.11. The number of hydrogen-bond acceptors (Lipinski definition) is 4. The van der Waals surface area contributed by atoms with E-state index in [4.69, 9.17) is 14.9 Å². The van der Waals surface area contributed by atoms with Crippen LogP contribution in [0.1, 0.15) is 33.6 Å². The Hall–Kier alpha value is -1.95. The molecule has 1 saturated heterocycles. The molecule has 1 saturated carbocycles. The van der Waals surface area contributed by atoms with Crippen molar-refractivity contribution in [3.8, 4) is 0 Å². The number of carbonyl (C=O) groups excluding carboxylic acids is 1. The number of fused-ring (bicyclic) bond motifs is 1. The standard InChI is InChI=1S/C23H29NO3Si/c1-23(2,3)28(16-10-6-4-7-11-16,17-12-8-5-9-13-17)27-20-15-19-18(22(20)24)14-21(25)26-19/h4-13,18-20,22H,14-15,24H2,1-3H3/t18-,19-,20+,22+/m0/s1. The second-order valence-corrected chi connectivity index (χ2v) is 13.3. The van der Waals surface area contributed by atoms with Crippen LogP contribution in [0.5, 0.6) is 0 Å². The quantitative estimate of drug-likeness (QED) is 0.639. The maximum absolute atomic E-state index is 11.7. The van der Waals surface area contributed by atoms with Gasteiger partial charge >= 0.3 is 5.97 Å². The molecule has 0 amide bonds. The highest BCUT2D eigenvalue weighted by Gasteiger charge is 2.56. The Balaban J connectivity index is 1.79. The lowest BCUT2D eigenvalue weighted by Crippen LogP contribution is -2.68. The van der Waals surface area contributed by atoms with Gasteiger partial charge in [0.1, 0.15) is 6.10 Å². The van der Waals surface area contributed by atoms with E-state index in [0.29, 0.717) is 12.8 Å². The molecule has 1 aliphatic carbocycles. The first-order chi connectivity index (χ1) is 13.3. The number of esters is 1. The van der Waals surface area contributed by atoms with Crippen molar-refractivity contribution in [2.75, 3.05) is 0 Å². The minimum absolute atomic E-state index is 0.0655. The summed E-state index contributed by atoms with van der Waals surface area (Å²) in [4.78, 5) is 11.7. The molecule has 2 N–H and O–H groups in total. The van der Waals surface area contributed by atoms with Gasteiger partial charge in [-0.05, 0) is 15.4 Å². The van der Waals surface area contributed by atoms with Crippen LogP contribution >= 0.6 is 0 Å². The van der Waals surface area contributed by atoms with Gasteiger partial charge in [-0.25, -0.2) is 0 Å². The van der Waals surface area contributed by atoms with Crippen LogP contribution < -0.4 is 16.1 Å². The molecule has 0 unspecified atom stereocenters. The monoisotopic (exact) mass is 395 g/mol. The predicted molar refractivity (Wildman–Crippen MR) is 113 cm³/mol. The Bertz CT molecular complexity index is 794. The molecule has 2 fully saturated rings. The summed E-state index contributed by atoms with van der Waals surface area (Å²) in [5.74, 6) is -0.0648. The van der Waals surface area contributed by atoms with Gasteiger partial charge in [-0.3, -0.25) is 4.79 Å². The summed E-state index contributed by atoms with van der Waals surface area (Å²) in [6.45, 7) is 6.79. The highest BCUT2D eigenvalue weighted by Crippen LogP contribution is 2.43. The molecule has 2 aliphatic rings. The van der Waals surface area contributed by atoms with Crippen LogP contribution in [0.3, 0.4) is 0 Å². The molecule has 0 spiro atoms. The molecule has 5 heteroatoms. The normalized spacial score (nSPS) is 27.5. The molecule has 4 atom stereocenters. The van der Waals surface area contributed by atoms with Gasteiger partial charge in [-0.15, -0.1) is 0 Å². The second-order valence-electron chi connectivity index (χ2n) is 9.03. The van der Waals surface area contributed by atoms with Crippen molar-refractivity contribution in [3.05, 3.63) is 60.7 Å². The average Bonchev–Trinajstić information content (AvgIpc) is 3.17. The van der Waals surface area contributed by atoms with Gasteiger partial charge in [-0.1, -0.05) is 81.4 Å². The SMILES string of the molecule is CC(C)(C)[Si](O[C@@H]1C[C@@H]2OC(=O)C[C@@H]2[C@H]1N)(c1ccccc1)c1ccccc1. The van der Waals surface area contributed by atoms with Gasteiger partial charge in [0.15, 0.2) is 0 Å². The van der Waals surface area contributed by atoms with Gasteiger partial charge in [-0.2, -0.15) is 0 Å². The minimum Gasteiger partial charge on any atom is -0.462 e. The summed E-state index contributed by atoms with van der Waals surface area (Å²) in [7, 11) is -2.64. The first-order valence-electron chi connectivity index (χ1n) is 10.1. The number of ether oxygens (including phenoxy) is 1. The fourth-order valence-electron chi connectivity index (χ4n) is 4.94. The first-order valence-corrected chi connectivity index (χ1v) is 12.0. The van der Waals surface area contributed by atoms with E-state index in [1.54, 1.807) is 0 Å². The zero-order valence-electron chi connectivity index (χ0n) is 16.8. The van der Waals surface area contributed by atoms with Gasteiger partial charge in [0.25, 0.3) is 8.32 Å². The van der Waals surface area contributed by atoms with Crippen LogP contribution in [0.25, 0.3) is 0 Å². The maximum Gasteiger partial charge on any atom is 0.306 e. The molecule has 148 valence electrons. The predicted octanol–water partition coefficient (Wildman–Crippen LogP) is 2.59. The van der Waals surface area contributed by atoms with Crippen molar-refractivity contribution in [1.29, 1.82) is 0 Å². The van der Waals surface area contributed by atoms with Crippen molar-refractivity contribution in [1.82, 2.24) is 0 Å². The Morgan fingerprint density at radius 1 is 1.00 bits per heavy atom. The third-order valence-electron chi connectivity index (χ3n) is 6.30. The number of rotatable bonds is 4. The number of nitrogens with two attached hydrogens (primary N) is 1. The van der Waals surface area contributed by atoms with E-state index in [1.165, 1.54) is 10.4 Å². The van der Waals surface area contributed by atoms with E-state index in [9.17, 15) is 4.79 Å². The fraction of sp³-hybridized carbons (Fsp3) is 0.435. The van der Waals surface area contributed by atoms with Crippen molar-refractivity contribution >= 4 is 24.7 Å². The number of hydrogen-bond donors (Lipinski definition) is 1. The molecule has 0 radical (unpaired) electrons. The number of benzene rings is 2. The van der Waals surface area contributed by atoms with Crippen molar-refractivity contribution in [3.63, 3.8) is 0 Å². The Labute approximate surface area is 168 Å². The van der Waals surface area contributed by atoms with Crippen molar-refractivity contribution < 1.29 is 14.0 Å². The molecule has 2 aromatic carbocycles. The molecular formula is C23H29NO3Si. The highest BCUT2D eigenvalue weighted by molar-refractivity contribution is 6.99. The average molecular weight is 396 g/mol. The summed E-state index contributed by atoms with van der Waals surface area (Å²) < 4.78 is 12.7. The molecule has 1 aliphatic heterocycles. The van der Waals surface area contributed by atoms with Gasteiger partial charge in [0.2, 0.25) is 0 Å². The van der Waals surface area contributed by atoms with E-state index >= 15 is 0 Å². The van der Waals surface area contributed by atoms with E-state index in [1.807, 2.05) is 12.1 Å². The van der Waals surface area contributed by atoms with Crippen LogP contribution in [0.15, 0.2) is 60.7 Å². The summed E-state index contributed by atoms with van der Waals surface area (Å²) >= 11 is 0. The summed E-state index contributed by atoms with van der Waals surface area (Å²) in [5.41, 5.74) is 6.60. The largest absolute Gasteiger partial charge is 0.462 e. The van der Waals surface area contributed by atoms with Gasteiger partial charge < -0.3 is 14.9 Å². The van der Waals surface area contributed by atoms with Crippen molar-refractivity contribution in [2.24, 2.45) is 11.7 Å². The maximum atomic E-state index is 11.7. The summed E-state index contributed by atoms with van der Waals surface area (Å²) in [6.07, 6.45) is 0.870. The summed E-state index contributed by atoms with van der Waals surface area (Å²) in [6, 6.07) is 21.0. The molecular weight excluding hydrogens is 366 g/mol. The van der Waals surface area contributed by atoms with Crippen LogP contribution in [-0.2, 0) is 14.0 Å². The molecule has 4 nitrogen and oxygen atoms in total. The molecule has 28 heavy (non-hydrogen) atoms. The van der Waals surface area contributed by atoms with Gasteiger partial charge in [0.05, 0.1) is 12.5 Å². The van der Waals surface area contributed by atoms with Gasteiger partial charge in [0, 0.05) is 18.4 Å². The zero-order chi connectivity index (χ0) is 19.9. The van der Waals surface area contributed by atoms with E-state index in [-0.39, 0.29) is 35.2 Å². The molecule has 4 rings (SSSR count). The first kappa shape index (κ1) is 19.4. The Morgan fingerprint density at radius 2 is 1.54 bits per heavy atom. The lowest BCUT2D eigenvalue weighted by Gasteiger charge is -2.45. The van der Waals surface area contributed by atoms with Crippen LogP contribution in [0.4, 0.5) is 0 Å². The van der Waals surface area contributed by atoms with Crippen LogP contribution in [0.2, 0.25) is 5.04 Å². The summed E-state index contributed by atoms with van der Waals surface area (Å²) in [5, 5.41) is 2.40. The zero-order valence-corrected chi connectivity index (χ0v) is 17.8. The molecule has 0 bridgehead atoms. The second kappa shape index (κ2) is 7.14.